The molecule has 1 aliphatic heterocycles. The number of aromatic nitrogens is 2. The summed E-state index contributed by atoms with van der Waals surface area (Å²) in [6.45, 7) is 9.08. The molecule has 1 N–H and O–H groups in total. The van der Waals surface area contributed by atoms with Crippen molar-refractivity contribution in [2.24, 2.45) is 0 Å². The smallest absolute Gasteiger partial charge is 0.326 e. The summed E-state index contributed by atoms with van der Waals surface area (Å²) in [5.41, 5.74) is -0.650. The van der Waals surface area contributed by atoms with Crippen LogP contribution in [0.1, 0.15) is 33.0 Å². The first-order valence-corrected chi connectivity index (χ1v) is 7.60. The summed E-state index contributed by atoms with van der Waals surface area (Å²) in [6.07, 6.45) is 4.58. The van der Waals surface area contributed by atoms with Crippen LogP contribution in [-0.4, -0.2) is 52.2 Å². The zero-order chi connectivity index (χ0) is 15.5. The van der Waals surface area contributed by atoms with Gasteiger partial charge in [-0.05, 0) is 34.2 Å². The second kappa shape index (κ2) is 6.58. The molecule has 2 rings (SSSR count). The van der Waals surface area contributed by atoms with Crippen molar-refractivity contribution in [3.05, 3.63) is 18.2 Å². The van der Waals surface area contributed by atoms with Gasteiger partial charge in [0.05, 0.1) is 13.2 Å². The summed E-state index contributed by atoms with van der Waals surface area (Å²) < 4.78 is 7.38. The van der Waals surface area contributed by atoms with E-state index in [1.54, 1.807) is 0 Å². The molecule has 2 unspecified atom stereocenters. The molecule has 0 aliphatic carbocycles. The molecule has 1 aliphatic rings. The molecule has 6 heteroatoms. The van der Waals surface area contributed by atoms with Gasteiger partial charge in [0.1, 0.15) is 11.4 Å². The number of rotatable bonds is 6. The van der Waals surface area contributed by atoms with Crippen LogP contribution in [0.2, 0.25) is 0 Å². The maximum Gasteiger partial charge on any atom is 0.326 e. The molecule has 2 heterocycles. The highest BCUT2D eigenvalue weighted by atomic mass is 16.5. The Morgan fingerprint density at radius 3 is 3.00 bits per heavy atom. The third-order valence-corrected chi connectivity index (χ3v) is 4.38. The van der Waals surface area contributed by atoms with Crippen LogP contribution in [0.15, 0.2) is 12.4 Å². The SMILES string of the molecule is CCOC(=O)C(C)(CC(C)N1CCn2ccnc2C1)NC. The van der Waals surface area contributed by atoms with Crippen LogP contribution in [-0.2, 0) is 22.6 Å². The van der Waals surface area contributed by atoms with E-state index >= 15 is 0 Å². The minimum absolute atomic E-state index is 0.183. The molecular formula is C15H26N4O2. The molecule has 0 radical (unpaired) electrons. The van der Waals surface area contributed by atoms with E-state index in [1.165, 1.54) is 0 Å². The third-order valence-electron chi connectivity index (χ3n) is 4.38. The summed E-state index contributed by atoms with van der Waals surface area (Å²) in [5.74, 6) is 0.910. The van der Waals surface area contributed by atoms with Crippen molar-refractivity contribution >= 4 is 5.97 Å². The number of ether oxygens (including phenoxy) is 1. The first-order valence-electron chi connectivity index (χ1n) is 7.60. The number of esters is 1. The Morgan fingerprint density at radius 2 is 2.33 bits per heavy atom. The lowest BCUT2D eigenvalue weighted by Crippen LogP contribution is -2.53. The number of hydrogen-bond acceptors (Lipinski definition) is 5. The Hall–Kier alpha value is -1.40. The summed E-state index contributed by atoms with van der Waals surface area (Å²) in [6, 6.07) is 0.275. The molecule has 1 aromatic heterocycles. The van der Waals surface area contributed by atoms with Crippen LogP contribution in [0.25, 0.3) is 0 Å². The van der Waals surface area contributed by atoms with E-state index < -0.39 is 5.54 Å². The van der Waals surface area contributed by atoms with Gasteiger partial charge in [0.2, 0.25) is 0 Å². The largest absolute Gasteiger partial charge is 0.465 e. The van der Waals surface area contributed by atoms with Crippen molar-refractivity contribution in [2.75, 3.05) is 20.2 Å². The lowest BCUT2D eigenvalue weighted by Gasteiger charge is -2.37. The Labute approximate surface area is 126 Å². The average Bonchev–Trinajstić information content (AvgIpc) is 2.94. The van der Waals surface area contributed by atoms with Gasteiger partial charge < -0.3 is 14.6 Å². The zero-order valence-electron chi connectivity index (χ0n) is 13.4. The fourth-order valence-electron chi connectivity index (χ4n) is 2.87. The van der Waals surface area contributed by atoms with Gasteiger partial charge in [-0.25, -0.2) is 4.98 Å². The average molecular weight is 294 g/mol. The molecule has 0 fully saturated rings. The van der Waals surface area contributed by atoms with Gasteiger partial charge in [-0.15, -0.1) is 0 Å². The summed E-state index contributed by atoms with van der Waals surface area (Å²) in [4.78, 5) is 18.9. The second-order valence-corrected chi connectivity index (χ2v) is 5.86. The van der Waals surface area contributed by atoms with Crippen molar-refractivity contribution in [3.8, 4) is 0 Å². The van der Waals surface area contributed by atoms with Gasteiger partial charge in [-0.3, -0.25) is 9.69 Å². The number of imidazole rings is 1. The van der Waals surface area contributed by atoms with E-state index in [-0.39, 0.29) is 12.0 Å². The summed E-state index contributed by atoms with van der Waals surface area (Å²) in [7, 11) is 1.81. The van der Waals surface area contributed by atoms with E-state index in [0.29, 0.717) is 13.0 Å². The number of carbonyl (C=O) groups is 1. The maximum absolute atomic E-state index is 12.2. The van der Waals surface area contributed by atoms with Crippen LogP contribution >= 0.6 is 0 Å². The Bertz CT molecular complexity index is 488. The number of fused-ring (bicyclic) bond motifs is 1. The predicted molar refractivity (Wildman–Crippen MR) is 80.8 cm³/mol. The lowest BCUT2D eigenvalue weighted by atomic mass is 9.93. The molecule has 0 spiro atoms. The Morgan fingerprint density at radius 1 is 1.57 bits per heavy atom. The first kappa shape index (κ1) is 16.0. The number of hydrogen-bond donors (Lipinski definition) is 1. The molecule has 0 aromatic carbocycles. The summed E-state index contributed by atoms with van der Waals surface area (Å²) in [5, 5.41) is 3.13. The van der Waals surface area contributed by atoms with Gasteiger partial charge in [0.15, 0.2) is 0 Å². The molecule has 2 atom stereocenters. The predicted octanol–water partition coefficient (Wildman–Crippen LogP) is 1.02. The van der Waals surface area contributed by atoms with Gasteiger partial charge in [-0.2, -0.15) is 0 Å². The fraction of sp³-hybridized carbons (Fsp3) is 0.733. The van der Waals surface area contributed by atoms with Gasteiger partial charge in [0, 0.05) is 31.5 Å². The Kier molecular flexibility index (Phi) is 5.00. The highest BCUT2D eigenvalue weighted by molar-refractivity contribution is 5.80. The number of nitrogens with zero attached hydrogens (tertiary/aromatic N) is 3. The van der Waals surface area contributed by atoms with Crippen molar-refractivity contribution in [3.63, 3.8) is 0 Å². The van der Waals surface area contributed by atoms with E-state index in [9.17, 15) is 4.79 Å². The van der Waals surface area contributed by atoms with E-state index in [4.69, 9.17) is 4.74 Å². The quantitative estimate of drug-likeness (QED) is 0.794. The zero-order valence-corrected chi connectivity index (χ0v) is 13.4. The highest BCUT2D eigenvalue weighted by Crippen LogP contribution is 2.21. The van der Waals surface area contributed by atoms with Gasteiger partial charge in [0.25, 0.3) is 0 Å². The number of likely N-dealkylation sites (N-methyl/N-ethyl adjacent to an activating group) is 1. The van der Waals surface area contributed by atoms with Crippen LogP contribution < -0.4 is 5.32 Å². The topological polar surface area (TPSA) is 59.4 Å². The van der Waals surface area contributed by atoms with Crippen molar-refractivity contribution in [1.82, 2.24) is 19.8 Å². The maximum atomic E-state index is 12.2. The minimum Gasteiger partial charge on any atom is -0.465 e. The number of carbonyl (C=O) groups excluding carboxylic acids is 1. The monoisotopic (exact) mass is 294 g/mol. The third kappa shape index (κ3) is 3.44. The molecule has 1 aromatic rings. The standard InChI is InChI=1S/C15H26N4O2/c1-5-21-14(20)15(3,16-4)10-12(2)19-9-8-18-7-6-17-13(18)11-19/h6-7,12,16H,5,8-11H2,1-4H3. The van der Waals surface area contributed by atoms with Crippen molar-refractivity contribution < 1.29 is 9.53 Å². The molecule has 6 nitrogen and oxygen atoms in total. The highest BCUT2D eigenvalue weighted by Gasteiger charge is 2.36. The van der Waals surface area contributed by atoms with Crippen LogP contribution in [0.5, 0.6) is 0 Å². The van der Waals surface area contributed by atoms with Crippen LogP contribution in [0.4, 0.5) is 0 Å². The molecule has 0 bridgehead atoms. The van der Waals surface area contributed by atoms with E-state index in [2.05, 4.69) is 26.7 Å². The fourth-order valence-corrected chi connectivity index (χ4v) is 2.87. The molecule has 0 saturated carbocycles. The Balaban J connectivity index is 2.00. The van der Waals surface area contributed by atoms with Crippen LogP contribution in [0.3, 0.4) is 0 Å². The minimum atomic E-state index is -0.650. The van der Waals surface area contributed by atoms with Crippen LogP contribution in [0, 0.1) is 0 Å². The normalized spacial score (nSPS) is 19.6. The summed E-state index contributed by atoms with van der Waals surface area (Å²) >= 11 is 0. The molecule has 0 amide bonds. The van der Waals surface area contributed by atoms with Gasteiger partial charge >= 0.3 is 5.97 Å². The second-order valence-electron chi connectivity index (χ2n) is 5.86. The van der Waals surface area contributed by atoms with Crippen molar-refractivity contribution in [2.45, 2.75) is 51.9 Å². The first-order chi connectivity index (χ1) is 10.00. The molecule has 0 saturated heterocycles. The van der Waals surface area contributed by atoms with Gasteiger partial charge in [-0.1, -0.05) is 0 Å². The molecular weight excluding hydrogens is 268 g/mol. The van der Waals surface area contributed by atoms with Crippen molar-refractivity contribution in [1.29, 1.82) is 0 Å². The molecule has 118 valence electrons. The van der Waals surface area contributed by atoms with E-state index in [1.807, 2.05) is 33.3 Å². The molecule has 21 heavy (non-hydrogen) atoms. The van der Waals surface area contributed by atoms with E-state index in [0.717, 1.165) is 25.5 Å². The number of nitrogens with one attached hydrogen (secondary N) is 1. The lowest BCUT2D eigenvalue weighted by molar-refractivity contribution is -0.151.